The Hall–Kier alpha value is -2.47. The van der Waals surface area contributed by atoms with Gasteiger partial charge in [0, 0.05) is 23.8 Å². The maximum atomic E-state index is 12.9. The molecule has 2 N–H and O–H groups in total. The zero-order chi connectivity index (χ0) is 17.3. The molecule has 3 aromatic rings. The first-order chi connectivity index (χ1) is 11.5. The van der Waals surface area contributed by atoms with E-state index in [-0.39, 0.29) is 24.4 Å². The lowest BCUT2D eigenvalue weighted by molar-refractivity contribution is -0.118. The third kappa shape index (κ3) is 3.10. The molecule has 0 saturated carbocycles. The molecule has 0 saturated heterocycles. The second-order valence-electron chi connectivity index (χ2n) is 5.99. The Morgan fingerprint density at radius 3 is 2.62 bits per heavy atom. The van der Waals surface area contributed by atoms with Crippen molar-refractivity contribution in [1.82, 2.24) is 9.55 Å². The summed E-state index contributed by atoms with van der Waals surface area (Å²) in [7, 11) is 0. The van der Waals surface area contributed by atoms with Crippen LogP contribution in [0.3, 0.4) is 0 Å². The molecule has 24 heavy (non-hydrogen) atoms. The fourth-order valence-corrected chi connectivity index (χ4v) is 3.69. The lowest BCUT2D eigenvalue weighted by Gasteiger charge is -2.13. The van der Waals surface area contributed by atoms with E-state index in [4.69, 9.17) is 5.73 Å². The molecule has 0 aliphatic carbocycles. The molecular weight excluding hydrogens is 322 g/mol. The predicted molar refractivity (Wildman–Crippen MR) is 97.2 cm³/mol. The zero-order valence-corrected chi connectivity index (χ0v) is 14.5. The number of rotatable bonds is 5. The highest BCUT2D eigenvalue weighted by Crippen LogP contribution is 2.31. The number of amides is 1. The topological polar surface area (TPSA) is 78.0 Å². The number of benzene rings is 1. The van der Waals surface area contributed by atoms with E-state index in [2.05, 4.69) is 4.98 Å². The van der Waals surface area contributed by atoms with Crippen LogP contribution in [0.2, 0.25) is 0 Å². The van der Waals surface area contributed by atoms with Crippen molar-refractivity contribution in [2.75, 3.05) is 0 Å². The minimum atomic E-state index is -0.424. The van der Waals surface area contributed by atoms with Crippen LogP contribution in [0.25, 0.3) is 20.7 Å². The maximum absolute atomic E-state index is 12.9. The average molecular weight is 341 g/mol. The van der Waals surface area contributed by atoms with Gasteiger partial charge in [0.2, 0.25) is 5.91 Å². The molecular formula is C18H19N3O2S. The van der Waals surface area contributed by atoms with Crippen LogP contribution in [0.5, 0.6) is 0 Å². The fraction of sp³-hybridized carbons (Fsp3) is 0.278. The van der Waals surface area contributed by atoms with Crippen molar-refractivity contribution >= 4 is 27.5 Å². The predicted octanol–water partition coefficient (Wildman–Crippen LogP) is 3.12. The van der Waals surface area contributed by atoms with Crippen LogP contribution in [-0.2, 0) is 11.3 Å². The molecule has 2 heterocycles. The molecule has 1 amide bonds. The Morgan fingerprint density at radius 2 is 2.00 bits per heavy atom. The Balaban J connectivity index is 2.17. The Labute approximate surface area is 143 Å². The van der Waals surface area contributed by atoms with Crippen LogP contribution in [-0.4, -0.2) is 15.5 Å². The number of nitrogens with zero attached hydrogens (tertiary/aromatic N) is 2. The third-order valence-corrected chi connectivity index (χ3v) is 4.92. The minimum absolute atomic E-state index is 0.0808. The van der Waals surface area contributed by atoms with Gasteiger partial charge in [0.1, 0.15) is 10.7 Å². The van der Waals surface area contributed by atoms with Crippen LogP contribution >= 0.6 is 11.3 Å². The van der Waals surface area contributed by atoms with Crippen molar-refractivity contribution in [2.45, 2.75) is 32.7 Å². The molecule has 124 valence electrons. The van der Waals surface area contributed by atoms with E-state index in [1.54, 1.807) is 4.57 Å². The molecule has 0 bridgehead atoms. The Bertz CT molecular complexity index is 942. The van der Waals surface area contributed by atoms with Gasteiger partial charge in [-0.3, -0.25) is 14.2 Å². The lowest BCUT2D eigenvalue weighted by atomic mass is 10.1. The summed E-state index contributed by atoms with van der Waals surface area (Å²) < 4.78 is 1.58. The number of hydrogen-bond acceptors (Lipinski definition) is 4. The highest BCUT2D eigenvalue weighted by atomic mass is 32.1. The van der Waals surface area contributed by atoms with E-state index in [1.165, 1.54) is 11.3 Å². The van der Waals surface area contributed by atoms with Crippen molar-refractivity contribution in [2.24, 2.45) is 5.73 Å². The second-order valence-corrected chi connectivity index (χ2v) is 7.02. The molecule has 1 aromatic carbocycles. The van der Waals surface area contributed by atoms with Crippen molar-refractivity contribution < 1.29 is 4.79 Å². The molecule has 0 radical (unpaired) electrons. The Morgan fingerprint density at radius 1 is 1.29 bits per heavy atom. The van der Waals surface area contributed by atoms with E-state index < -0.39 is 5.91 Å². The summed E-state index contributed by atoms with van der Waals surface area (Å²) in [6.07, 6.45) is 0.127. The first-order valence-electron chi connectivity index (χ1n) is 7.85. The average Bonchev–Trinajstić information content (AvgIpc) is 2.99. The fourth-order valence-electron chi connectivity index (χ4n) is 2.66. The second kappa shape index (κ2) is 6.57. The number of nitrogens with two attached hydrogens (primary N) is 1. The van der Waals surface area contributed by atoms with E-state index in [0.717, 1.165) is 15.3 Å². The summed E-state index contributed by atoms with van der Waals surface area (Å²) >= 11 is 1.51. The smallest absolute Gasteiger partial charge is 0.262 e. The van der Waals surface area contributed by atoms with Gasteiger partial charge < -0.3 is 5.73 Å². The van der Waals surface area contributed by atoms with Gasteiger partial charge in [-0.1, -0.05) is 44.2 Å². The summed E-state index contributed by atoms with van der Waals surface area (Å²) in [5.74, 6) is 0.347. The van der Waals surface area contributed by atoms with Crippen LogP contribution in [0.4, 0.5) is 0 Å². The monoisotopic (exact) mass is 341 g/mol. The molecule has 3 rings (SSSR count). The molecule has 2 aromatic heterocycles. The summed E-state index contributed by atoms with van der Waals surface area (Å²) in [6.45, 7) is 4.24. The molecule has 0 aliphatic heterocycles. The normalized spacial score (nSPS) is 11.3. The van der Waals surface area contributed by atoms with Gasteiger partial charge in [0.15, 0.2) is 0 Å². The van der Waals surface area contributed by atoms with Crippen molar-refractivity contribution in [3.63, 3.8) is 0 Å². The lowest BCUT2D eigenvalue weighted by Crippen LogP contribution is -2.27. The van der Waals surface area contributed by atoms with Crippen molar-refractivity contribution in [3.8, 4) is 10.4 Å². The van der Waals surface area contributed by atoms with Gasteiger partial charge in [-0.2, -0.15) is 0 Å². The minimum Gasteiger partial charge on any atom is -0.370 e. The van der Waals surface area contributed by atoms with Gasteiger partial charge >= 0.3 is 0 Å². The molecule has 0 aliphatic rings. The van der Waals surface area contributed by atoms with Gasteiger partial charge in [-0.15, -0.1) is 11.3 Å². The molecule has 5 nitrogen and oxygen atoms in total. The molecule has 6 heteroatoms. The van der Waals surface area contributed by atoms with Crippen LogP contribution in [0.1, 0.15) is 32.0 Å². The molecule has 0 spiro atoms. The Kier molecular flexibility index (Phi) is 4.49. The quantitative estimate of drug-likeness (QED) is 0.774. The largest absolute Gasteiger partial charge is 0.370 e. The van der Waals surface area contributed by atoms with E-state index >= 15 is 0 Å². The number of thiophene rings is 1. The van der Waals surface area contributed by atoms with Gasteiger partial charge in [0.25, 0.3) is 5.56 Å². The van der Waals surface area contributed by atoms with Crippen LogP contribution < -0.4 is 11.3 Å². The molecule has 0 atom stereocenters. The van der Waals surface area contributed by atoms with E-state index in [1.807, 2.05) is 50.2 Å². The molecule has 0 fully saturated rings. The van der Waals surface area contributed by atoms with E-state index in [0.29, 0.717) is 11.2 Å². The van der Waals surface area contributed by atoms with Crippen molar-refractivity contribution in [1.29, 1.82) is 0 Å². The van der Waals surface area contributed by atoms with Crippen LogP contribution in [0.15, 0.2) is 41.2 Å². The van der Waals surface area contributed by atoms with Gasteiger partial charge in [-0.25, -0.2) is 4.98 Å². The number of aromatic nitrogens is 2. The number of fused-ring (bicyclic) bond motifs is 1. The third-order valence-electron chi connectivity index (χ3n) is 3.84. The zero-order valence-electron chi connectivity index (χ0n) is 13.7. The number of hydrogen-bond donors (Lipinski definition) is 1. The SMILES string of the molecule is CC(C)c1nc2sc(-c3ccccc3)cc2c(=O)n1CCC(N)=O. The number of primary amides is 1. The highest BCUT2D eigenvalue weighted by molar-refractivity contribution is 7.21. The summed E-state index contributed by atoms with van der Waals surface area (Å²) in [5, 5.41) is 0.590. The highest BCUT2D eigenvalue weighted by Gasteiger charge is 2.17. The van der Waals surface area contributed by atoms with Gasteiger partial charge in [-0.05, 0) is 11.6 Å². The standard InChI is InChI=1S/C18H19N3O2S/c1-11(2)16-20-17-13(18(23)21(16)9-8-15(19)22)10-14(24-17)12-6-4-3-5-7-12/h3-7,10-11H,8-9H2,1-2H3,(H2,19,22). The summed E-state index contributed by atoms with van der Waals surface area (Å²) in [5.41, 5.74) is 6.19. The number of carbonyl (C=O) groups is 1. The first kappa shape index (κ1) is 16.4. The maximum Gasteiger partial charge on any atom is 0.262 e. The van der Waals surface area contributed by atoms with Crippen molar-refractivity contribution in [3.05, 3.63) is 52.6 Å². The van der Waals surface area contributed by atoms with Crippen LogP contribution in [0, 0.1) is 0 Å². The van der Waals surface area contributed by atoms with E-state index in [9.17, 15) is 9.59 Å². The summed E-state index contributed by atoms with van der Waals surface area (Å²) in [4.78, 5) is 30.4. The first-order valence-corrected chi connectivity index (χ1v) is 8.67. The number of carbonyl (C=O) groups excluding carboxylic acids is 1. The summed E-state index contributed by atoms with van der Waals surface area (Å²) in [6, 6.07) is 11.8. The molecule has 0 unspecified atom stereocenters. The van der Waals surface area contributed by atoms with Gasteiger partial charge in [0.05, 0.1) is 5.39 Å².